The van der Waals surface area contributed by atoms with Gasteiger partial charge in [0.05, 0.1) is 7.77 Å². The lowest BCUT2D eigenvalue weighted by molar-refractivity contribution is -0.153. The van der Waals surface area contributed by atoms with Crippen LogP contribution in [0.2, 0.25) is 0 Å². The van der Waals surface area contributed by atoms with Crippen molar-refractivity contribution in [1.82, 2.24) is 0 Å². The molecule has 0 N–H and O–H groups in total. The van der Waals surface area contributed by atoms with Crippen molar-refractivity contribution in [2.75, 3.05) is 0 Å². The van der Waals surface area contributed by atoms with Crippen LogP contribution in [0.25, 0.3) is 0 Å². The summed E-state index contributed by atoms with van der Waals surface area (Å²) in [5, 5.41) is 0. The van der Waals surface area contributed by atoms with Crippen molar-refractivity contribution in [3.8, 4) is 0 Å². The van der Waals surface area contributed by atoms with E-state index >= 15 is 0 Å². The second-order valence-corrected chi connectivity index (χ2v) is 3.81. The lowest BCUT2D eigenvalue weighted by Gasteiger charge is -1.90. The van der Waals surface area contributed by atoms with Crippen LogP contribution < -0.4 is 4.89 Å². The maximum atomic E-state index is 11.0. The zero-order valence-electron chi connectivity index (χ0n) is 5.45. The van der Waals surface area contributed by atoms with Gasteiger partial charge in [0, 0.05) is 11.1 Å². The first-order valence-corrected chi connectivity index (χ1v) is 4.74. The molecule has 50 valence electrons. The largest absolute Gasteiger partial charge is 0.630 e. The molecule has 1 aliphatic heterocycles. The van der Waals surface area contributed by atoms with Gasteiger partial charge in [-0.1, -0.05) is 24.3 Å². The molecule has 1 aliphatic rings. The fraction of sp³-hybridized carbons (Fsp3) is 0.125. The van der Waals surface area contributed by atoms with Gasteiger partial charge in [0.1, 0.15) is 12.0 Å². The van der Waals surface area contributed by atoms with Gasteiger partial charge in [-0.3, -0.25) is 0 Å². The third-order valence-electron chi connectivity index (χ3n) is 1.66. The van der Waals surface area contributed by atoms with Crippen LogP contribution in [0, 0.1) is 0 Å². The number of hydrogen-bond acceptors (Lipinski definition) is 1. The SMILES string of the molecule is [O-][P+]1=Cc2ccccc2C1. The minimum absolute atomic E-state index is 0.742. The van der Waals surface area contributed by atoms with Gasteiger partial charge >= 0.3 is 0 Å². The minimum atomic E-state index is -1.07. The molecule has 0 bridgehead atoms. The highest BCUT2D eigenvalue weighted by atomic mass is 31.1. The van der Waals surface area contributed by atoms with Gasteiger partial charge in [-0.2, -0.15) is 0 Å². The highest BCUT2D eigenvalue weighted by Crippen LogP contribution is 2.28. The lowest BCUT2D eigenvalue weighted by atomic mass is 10.1. The van der Waals surface area contributed by atoms with Gasteiger partial charge in [-0.25, -0.2) is 0 Å². The van der Waals surface area contributed by atoms with Crippen LogP contribution in [-0.4, -0.2) is 5.80 Å². The quantitative estimate of drug-likeness (QED) is 0.508. The Bertz CT molecular complexity index is 291. The van der Waals surface area contributed by atoms with E-state index in [1.54, 1.807) is 0 Å². The molecule has 1 aromatic rings. The summed E-state index contributed by atoms with van der Waals surface area (Å²) in [4.78, 5) is 11.0. The Morgan fingerprint density at radius 1 is 1.30 bits per heavy atom. The molecule has 0 fully saturated rings. The molecule has 1 nitrogen and oxygen atoms in total. The first-order chi connectivity index (χ1) is 4.86. The summed E-state index contributed by atoms with van der Waals surface area (Å²) in [5.74, 6) is 1.85. The summed E-state index contributed by atoms with van der Waals surface area (Å²) in [6, 6.07) is 8.01. The van der Waals surface area contributed by atoms with Crippen molar-refractivity contribution < 1.29 is 4.89 Å². The molecule has 0 saturated heterocycles. The van der Waals surface area contributed by atoms with Gasteiger partial charge in [0.15, 0.2) is 0 Å². The van der Waals surface area contributed by atoms with Crippen LogP contribution in [0.3, 0.4) is 0 Å². The van der Waals surface area contributed by atoms with Crippen LogP contribution in [0.5, 0.6) is 0 Å². The fourth-order valence-electron chi connectivity index (χ4n) is 1.17. The minimum Gasteiger partial charge on any atom is -0.630 e. The standard InChI is InChI=1S/C8H7OP/c9-10-5-7-3-1-2-4-8(7)6-10/h1-5H,6H2. The molecule has 0 radical (unpaired) electrons. The van der Waals surface area contributed by atoms with Crippen LogP contribution >= 0.6 is 7.77 Å². The van der Waals surface area contributed by atoms with Gasteiger partial charge in [0.2, 0.25) is 0 Å². The van der Waals surface area contributed by atoms with E-state index in [1.807, 2.05) is 30.1 Å². The number of benzene rings is 1. The summed E-state index contributed by atoms with van der Waals surface area (Å²) in [5.41, 5.74) is 2.38. The predicted molar refractivity (Wildman–Crippen MR) is 42.2 cm³/mol. The van der Waals surface area contributed by atoms with Crippen LogP contribution in [0.15, 0.2) is 24.3 Å². The molecule has 2 rings (SSSR count). The predicted octanol–water partition coefficient (Wildman–Crippen LogP) is 1.11. The molecule has 1 unspecified atom stereocenters. The molecular formula is C8H7OP. The van der Waals surface area contributed by atoms with E-state index in [4.69, 9.17) is 0 Å². The van der Waals surface area contributed by atoms with Gasteiger partial charge in [-0.15, -0.1) is 0 Å². The van der Waals surface area contributed by atoms with Gasteiger partial charge in [0.25, 0.3) is 0 Å². The van der Waals surface area contributed by atoms with Crippen molar-refractivity contribution in [3.63, 3.8) is 0 Å². The summed E-state index contributed by atoms with van der Waals surface area (Å²) in [6.45, 7) is 0. The summed E-state index contributed by atoms with van der Waals surface area (Å²) in [7, 11) is -1.07. The Balaban J connectivity index is 2.54. The maximum Gasteiger partial charge on any atom is 0.128 e. The molecule has 10 heavy (non-hydrogen) atoms. The van der Waals surface area contributed by atoms with Crippen LogP contribution in [0.1, 0.15) is 11.1 Å². The maximum absolute atomic E-state index is 11.0. The Hall–Kier alpha value is -0.650. The van der Waals surface area contributed by atoms with Crippen molar-refractivity contribution >= 4 is 13.6 Å². The van der Waals surface area contributed by atoms with E-state index in [0.717, 1.165) is 11.7 Å². The smallest absolute Gasteiger partial charge is 0.128 e. The zero-order chi connectivity index (χ0) is 6.97. The molecule has 0 saturated carbocycles. The lowest BCUT2D eigenvalue weighted by Crippen LogP contribution is -1.85. The second-order valence-electron chi connectivity index (χ2n) is 2.40. The molecular weight excluding hydrogens is 143 g/mol. The Morgan fingerprint density at radius 2 is 2.10 bits per heavy atom. The zero-order valence-corrected chi connectivity index (χ0v) is 6.34. The second kappa shape index (κ2) is 2.19. The van der Waals surface area contributed by atoms with E-state index in [-0.39, 0.29) is 0 Å². The van der Waals surface area contributed by atoms with E-state index in [9.17, 15) is 4.89 Å². The summed E-state index contributed by atoms with van der Waals surface area (Å²) >= 11 is 0. The summed E-state index contributed by atoms with van der Waals surface area (Å²) < 4.78 is 0. The Kier molecular flexibility index (Phi) is 1.33. The third-order valence-corrected chi connectivity index (χ3v) is 2.88. The monoisotopic (exact) mass is 150 g/mol. The first kappa shape index (κ1) is 6.09. The van der Waals surface area contributed by atoms with Crippen LogP contribution in [-0.2, 0) is 6.16 Å². The molecule has 0 amide bonds. The van der Waals surface area contributed by atoms with Crippen molar-refractivity contribution in [2.24, 2.45) is 0 Å². The van der Waals surface area contributed by atoms with Gasteiger partial charge < -0.3 is 4.89 Å². The number of rotatable bonds is 0. The third kappa shape index (κ3) is 0.880. The van der Waals surface area contributed by atoms with Gasteiger partial charge in [-0.05, 0) is 0 Å². The van der Waals surface area contributed by atoms with Crippen LogP contribution in [0.4, 0.5) is 0 Å². The van der Waals surface area contributed by atoms with E-state index in [1.165, 1.54) is 5.56 Å². The van der Waals surface area contributed by atoms with Crippen molar-refractivity contribution in [1.29, 1.82) is 0 Å². The number of hydrogen-bond donors (Lipinski definition) is 0. The summed E-state index contributed by atoms with van der Waals surface area (Å²) in [6.07, 6.45) is 0.742. The average Bonchev–Trinajstić information content (AvgIpc) is 2.27. The molecule has 0 aromatic heterocycles. The highest BCUT2D eigenvalue weighted by Gasteiger charge is 2.12. The topological polar surface area (TPSA) is 23.1 Å². The Morgan fingerprint density at radius 3 is 2.90 bits per heavy atom. The molecule has 0 spiro atoms. The molecule has 0 aliphatic carbocycles. The molecule has 1 heterocycles. The van der Waals surface area contributed by atoms with E-state index in [0.29, 0.717) is 0 Å². The average molecular weight is 150 g/mol. The molecule has 1 atom stereocenters. The van der Waals surface area contributed by atoms with Crippen molar-refractivity contribution in [2.45, 2.75) is 6.16 Å². The highest BCUT2D eigenvalue weighted by molar-refractivity contribution is 7.50. The van der Waals surface area contributed by atoms with E-state index in [2.05, 4.69) is 0 Å². The number of fused-ring (bicyclic) bond motifs is 1. The fourth-order valence-corrected chi connectivity index (χ4v) is 2.45. The Labute approximate surface area is 60.8 Å². The molecule has 1 aromatic carbocycles. The normalized spacial score (nSPS) is 18.3. The molecule has 2 heteroatoms. The van der Waals surface area contributed by atoms with Crippen molar-refractivity contribution in [3.05, 3.63) is 35.4 Å². The van der Waals surface area contributed by atoms with E-state index < -0.39 is 7.77 Å². The first-order valence-electron chi connectivity index (χ1n) is 3.23.